The normalized spacial score (nSPS) is 18.0. The molecular formula is C16H14ClNO4S. The maximum atomic E-state index is 12.7. The Morgan fingerprint density at radius 3 is 2.70 bits per heavy atom. The Bertz CT molecular complexity index is 728. The number of benzene rings is 1. The first-order chi connectivity index (χ1) is 11.1. The number of hydrogen-bond donors (Lipinski definition) is 1. The average Bonchev–Trinajstić information content (AvgIpc) is 3.05. The number of hydrogen-bond acceptors (Lipinski definition) is 4. The Morgan fingerprint density at radius 1 is 1.30 bits per heavy atom. The SMILES string of the molecule is O=C(O)c1coc(C(=O)N2CCSCC2c2ccc(Cl)cc2)c1. The van der Waals surface area contributed by atoms with Crippen LogP contribution in [0.15, 0.2) is 41.0 Å². The highest BCUT2D eigenvalue weighted by Gasteiger charge is 2.31. The quantitative estimate of drug-likeness (QED) is 0.915. The van der Waals surface area contributed by atoms with E-state index in [-0.39, 0.29) is 23.3 Å². The Balaban J connectivity index is 1.86. The lowest BCUT2D eigenvalue weighted by atomic mass is 10.1. The fourth-order valence-corrected chi connectivity index (χ4v) is 3.72. The minimum atomic E-state index is -1.11. The fourth-order valence-electron chi connectivity index (χ4n) is 2.51. The maximum Gasteiger partial charge on any atom is 0.338 e. The van der Waals surface area contributed by atoms with E-state index in [0.29, 0.717) is 11.6 Å². The number of carboxylic acid groups (broad SMARTS) is 1. The first-order valence-corrected chi connectivity index (χ1v) is 8.55. The van der Waals surface area contributed by atoms with Crippen molar-refractivity contribution in [3.05, 3.63) is 58.5 Å². The topological polar surface area (TPSA) is 70.7 Å². The standard InChI is InChI=1S/C16H14ClNO4S/c17-12-3-1-10(2-4-12)13-9-23-6-5-18(13)15(19)14-7-11(8-22-14)16(20)21/h1-4,7-8,13H,5-6,9H2,(H,20,21). The van der Waals surface area contributed by atoms with Gasteiger partial charge in [0.2, 0.25) is 0 Å². The smallest absolute Gasteiger partial charge is 0.338 e. The van der Waals surface area contributed by atoms with E-state index >= 15 is 0 Å². The lowest BCUT2D eigenvalue weighted by Gasteiger charge is -2.35. The Kier molecular flexibility index (Phi) is 4.63. The van der Waals surface area contributed by atoms with Crippen LogP contribution in [0, 0.1) is 0 Å². The van der Waals surface area contributed by atoms with Crippen LogP contribution in [0.1, 0.15) is 32.5 Å². The van der Waals surface area contributed by atoms with Crippen molar-refractivity contribution in [2.24, 2.45) is 0 Å². The van der Waals surface area contributed by atoms with E-state index < -0.39 is 5.97 Å². The van der Waals surface area contributed by atoms with Gasteiger partial charge in [-0.15, -0.1) is 0 Å². The van der Waals surface area contributed by atoms with Gasteiger partial charge < -0.3 is 14.4 Å². The van der Waals surface area contributed by atoms with Crippen LogP contribution in [-0.2, 0) is 0 Å². The van der Waals surface area contributed by atoms with E-state index in [0.717, 1.165) is 23.3 Å². The minimum absolute atomic E-state index is 0.0252. The van der Waals surface area contributed by atoms with Crippen LogP contribution in [-0.4, -0.2) is 39.9 Å². The molecule has 120 valence electrons. The van der Waals surface area contributed by atoms with Gasteiger partial charge in [-0.3, -0.25) is 4.79 Å². The molecule has 1 aromatic heterocycles. The zero-order chi connectivity index (χ0) is 16.4. The van der Waals surface area contributed by atoms with Gasteiger partial charge in [-0.2, -0.15) is 11.8 Å². The van der Waals surface area contributed by atoms with E-state index in [9.17, 15) is 9.59 Å². The third-order valence-corrected chi connectivity index (χ3v) is 4.98. The number of amides is 1. The summed E-state index contributed by atoms with van der Waals surface area (Å²) < 4.78 is 5.14. The summed E-state index contributed by atoms with van der Waals surface area (Å²) in [5, 5.41) is 9.59. The van der Waals surface area contributed by atoms with E-state index in [1.165, 1.54) is 6.07 Å². The molecule has 1 saturated heterocycles. The van der Waals surface area contributed by atoms with Crippen LogP contribution in [0.2, 0.25) is 5.02 Å². The van der Waals surface area contributed by atoms with E-state index in [2.05, 4.69) is 0 Å². The summed E-state index contributed by atoms with van der Waals surface area (Å²) in [5.41, 5.74) is 0.975. The van der Waals surface area contributed by atoms with Gasteiger partial charge in [-0.05, 0) is 17.7 Å². The van der Waals surface area contributed by atoms with Gasteiger partial charge in [0.15, 0.2) is 5.76 Å². The van der Waals surface area contributed by atoms with Crippen LogP contribution in [0.5, 0.6) is 0 Å². The second-order valence-corrected chi connectivity index (χ2v) is 6.73. The Labute approximate surface area is 142 Å². The predicted molar refractivity (Wildman–Crippen MR) is 88.2 cm³/mol. The molecular weight excluding hydrogens is 338 g/mol. The molecule has 0 radical (unpaired) electrons. The van der Waals surface area contributed by atoms with Crippen molar-refractivity contribution in [3.63, 3.8) is 0 Å². The van der Waals surface area contributed by atoms with Gasteiger partial charge in [0.25, 0.3) is 5.91 Å². The molecule has 7 heteroatoms. The molecule has 1 aliphatic heterocycles. The third-order valence-electron chi connectivity index (χ3n) is 3.70. The number of thioether (sulfide) groups is 1. The molecule has 1 amide bonds. The first kappa shape index (κ1) is 16.0. The molecule has 0 saturated carbocycles. The average molecular weight is 352 g/mol. The van der Waals surface area contributed by atoms with Crippen LogP contribution in [0.3, 0.4) is 0 Å². The summed E-state index contributed by atoms with van der Waals surface area (Å²) in [6, 6.07) is 8.60. The second kappa shape index (κ2) is 6.68. The van der Waals surface area contributed by atoms with Gasteiger partial charge in [0.05, 0.1) is 11.6 Å². The van der Waals surface area contributed by atoms with Gasteiger partial charge in [0, 0.05) is 29.1 Å². The zero-order valence-corrected chi connectivity index (χ0v) is 13.6. The van der Waals surface area contributed by atoms with Crippen molar-refractivity contribution in [2.45, 2.75) is 6.04 Å². The summed E-state index contributed by atoms with van der Waals surface area (Å²) in [6.45, 7) is 0.583. The van der Waals surface area contributed by atoms with Crippen molar-refractivity contribution in [1.29, 1.82) is 0 Å². The zero-order valence-electron chi connectivity index (χ0n) is 12.1. The minimum Gasteiger partial charge on any atom is -0.478 e. The molecule has 1 unspecified atom stereocenters. The van der Waals surface area contributed by atoms with Gasteiger partial charge >= 0.3 is 5.97 Å². The lowest BCUT2D eigenvalue weighted by Crippen LogP contribution is -2.40. The maximum absolute atomic E-state index is 12.7. The Hall–Kier alpha value is -1.92. The molecule has 0 bridgehead atoms. The van der Waals surface area contributed by atoms with Crippen LogP contribution < -0.4 is 0 Å². The number of halogens is 1. The number of furan rings is 1. The summed E-state index contributed by atoms with van der Waals surface area (Å²) in [7, 11) is 0. The largest absolute Gasteiger partial charge is 0.478 e. The van der Waals surface area contributed by atoms with Crippen molar-refractivity contribution in [2.75, 3.05) is 18.1 Å². The molecule has 2 heterocycles. The second-order valence-electron chi connectivity index (χ2n) is 5.15. The molecule has 0 aliphatic carbocycles. The number of nitrogens with zero attached hydrogens (tertiary/aromatic N) is 1. The van der Waals surface area contributed by atoms with Gasteiger partial charge in [-0.25, -0.2) is 4.79 Å². The van der Waals surface area contributed by atoms with Crippen molar-refractivity contribution in [3.8, 4) is 0 Å². The molecule has 1 aromatic carbocycles. The van der Waals surface area contributed by atoms with Gasteiger partial charge in [-0.1, -0.05) is 23.7 Å². The molecule has 1 atom stereocenters. The van der Waals surface area contributed by atoms with Crippen molar-refractivity contribution < 1.29 is 19.1 Å². The van der Waals surface area contributed by atoms with Gasteiger partial charge in [0.1, 0.15) is 6.26 Å². The highest BCUT2D eigenvalue weighted by atomic mass is 35.5. The molecule has 1 N–H and O–H groups in total. The first-order valence-electron chi connectivity index (χ1n) is 7.02. The van der Waals surface area contributed by atoms with E-state index in [4.69, 9.17) is 21.1 Å². The number of carboxylic acids is 1. The summed E-state index contributed by atoms with van der Waals surface area (Å²) in [6.07, 6.45) is 1.09. The summed E-state index contributed by atoms with van der Waals surface area (Å²) >= 11 is 7.70. The molecule has 0 spiro atoms. The lowest BCUT2D eigenvalue weighted by molar-refractivity contribution is 0.0666. The summed E-state index contributed by atoms with van der Waals surface area (Å²) in [5.74, 6) is 0.254. The number of aromatic carboxylic acids is 1. The highest BCUT2D eigenvalue weighted by Crippen LogP contribution is 2.31. The monoisotopic (exact) mass is 351 g/mol. The molecule has 2 aromatic rings. The number of rotatable bonds is 3. The molecule has 23 heavy (non-hydrogen) atoms. The molecule has 1 aliphatic rings. The van der Waals surface area contributed by atoms with Crippen LogP contribution in [0.4, 0.5) is 0 Å². The highest BCUT2D eigenvalue weighted by molar-refractivity contribution is 7.99. The predicted octanol–water partition coefficient (Wildman–Crippen LogP) is 3.56. The fraction of sp³-hybridized carbons (Fsp3) is 0.250. The number of carbonyl (C=O) groups excluding carboxylic acids is 1. The van der Waals surface area contributed by atoms with Crippen molar-refractivity contribution in [1.82, 2.24) is 4.90 Å². The third kappa shape index (κ3) is 3.38. The van der Waals surface area contributed by atoms with E-state index in [1.54, 1.807) is 28.8 Å². The molecule has 3 rings (SSSR count). The molecule has 1 fully saturated rings. The van der Waals surface area contributed by atoms with Crippen LogP contribution in [0.25, 0.3) is 0 Å². The van der Waals surface area contributed by atoms with Crippen LogP contribution >= 0.6 is 23.4 Å². The summed E-state index contributed by atoms with van der Waals surface area (Å²) in [4.78, 5) is 25.3. The van der Waals surface area contributed by atoms with E-state index in [1.807, 2.05) is 12.1 Å². The Morgan fingerprint density at radius 2 is 2.04 bits per heavy atom. The molecule has 5 nitrogen and oxygen atoms in total. The van der Waals surface area contributed by atoms with Crippen molar-refractivity contribution >= 4 is 35.2 Å². The number of carbonyl (C=O) groups is 2.